The molecule has 0 spiro atoms. The van der Waals surface area contributed by atoms with Crippen molar-refractivity contribution in [3.8, 4) is 0 Å². The highest BCUT2D eigenvalue weighted by atomic mass is 32.2. The van der Waals surface area contributed by atoms with Gasteiger partial charge in [-0.2, -0.15) is 5.10 Å². The van der Waals surface area contributed by atoms with Gasteiger partial charge in [0.2, 0.25) is 25.8 Å². The molecule has 9 nitrogen and oxygen atoms in total. The lowest BCUT2D eigenvalue weighted by Crippen LogP contribution is -2.40. The van der Waals surface area contributed by atoms with Gasteiger partial charge >= 0.3 is 0 Å². The van der Waals surface area contributed by atoms with Crippen LogP contribution in [0.2, 0.25) is 0 Å². The molecule has 188 valence electrons. The molecule has 1 fully saturated rings. The molecule has 0 unspecified atom stereocenters. The Hall–Kier alpha value is -2.76. The maximum atomic E-state index is 13.6. The zero-order valence-electron chi connectivity index (χ0n) is 20.2. The molecule has 1 saturated carbocycles. The maximum absolute atomic E-state index is 13.6. The van der Waals surface area contributed by atoms with Gasteiger partial charge < -0.3 is 0 Å². The molecule has 0 atom stereocenters. The Bertz CT molecular complexity index is 1500. The van der Waals surface area contributed by atoms with Crippen molar-refractivity contribution in [2.45, 2.75) is 62.9 Å². The van der Waals surface area contributed by atoms with E-state index in [0.29, 0.717) is 16.6 Å². The number of anilines is 1. The van der Waals surface area contributed by atoms with Crippen LogP contribution < -0.4 is 9.44 Å². The van der Waals surface area contributed by atoms with Crippen LogP contribution >= 0.6 is 0 Å². The van der Waals surface area contributed by atoms with E-state index in [1.165, 1.54) is 18.2 Å². The van der Waals surface area contributed by atoms with E-state index in [4.69, 9.17) is 0 Å². The highest BCUT2D eigenvalue weighted by Crippen LogP contribution is 2.34. The van der Waals surface area contributed by atoms with E-state index in [2.05, 4.69) is 14.5 Å². The zero-order valence-corrected chi connectivity index (χ0v) is 21.8. The van der Waals surface area contributed by atoms with Crippen LogP contribution in [0.1, 0.15) is 68.5 Å². The van der Waals surface area contributed by atoms with Crippen molar-refractivity contribution in [1.82, 2.24) is 14.5 Å². The second-order valence-electron chi connectivity index (χ2n) is 10.1. The first-order valence-corrected chi connectivity index (χ1v) is 14.8. The molecule has 11 heteroatoms. The minimum atomic E-state index is -3.82. The van der Waals surface area contributed by atoms with Crippen LogP contribution in [0.3, 0.4) is 0 Å². The molecule has 0 radical (unpaired) electrons. The first kappa shape index (κ1) is 25.3. The van der Waals surface area contributed by atoms with Crippen molar-refractivity contribution in [1.29, 1.82) is 0 Å². The Balaban J connectivity index is 1.79. The van der Waals surface area contributed by atoms with Gasteiger partial charge in [0.25, 0.3) is 0 Å². The average molecular weight is 519 g/mol. The quantitative estimate of drug-likeness (QED) is 0.458. The van der Waals surface area contributed by atoms with Crippen LogP contribution in [-0.2, 0) is 20.0 Å². The number of aromatic nitrogens is 2. The fraction of sp³-hybridized carbons (Fsp3) is 0.417. The Morgan fingerprint density at radius 2 is 1.71 bits per heavy atom. The molecule has 2 aromatic carbocycles. The van der Waals surface area contributed by atoms with Gasteiger partial charge in [0.1, 0.15) is 5.69 Å². The topological polar surface area (TPSA) is 127 Å². The van der Waals surface area contributed by atoms with E-state index >= 15 is 0 Å². The number of rotatable bonds is 7. The van der Waals surface area contributed by atoms with E-state index in [0.717, 1.165) is 31.9 Å². The third-order valence-corrected chi connectivity index (χ3v) is 8.11. The van der Waals surface area contributed by atoms with E-state index in [9.17, 15) is 21.6 Å². The molecular formula is C24H30N4O5S2. The van der Waals surface area contributed by atoms with E-state index in [1.54, 1.807) is 45.0 Å². The van der Waals surface area contributed by atoms with Crippen LogP contribution in [0.4, 0.5) is 5.69 Å². The second kappa shape index (κ2) is 9.03. The van der Waals surface area contributed by atoms with Gasteiger partial charge in [-0.25, -0.2) is 21.6 Å². The fourth-order valence-electron chi connectivity index (χ4n) is 4.41. The van der Waals surface area contributed by atoms with Crippen LogP contribution in [0.5, 0.6) is 0 Å². The predicted octanol–water partition coefficient (Wildman–Crippen LogP) is 3.83. The summed E-state index contributed by atoms with van der Waals surface area (Å²) >= 11 is 0. The van der Waals surface area contributed by atoms with Gasteiger partial charge in [-0.15, -0.1) is 0 Å². The van der Waals surface area contributed by atoms with Crippen LogP contribution in [0, 0.1) is 0 Å². The number of carbonyl (C=O) groups excluding carboxylic acids is 1. The standard InChI is InChI=1S/C24H30N4O5S2/c1-24(2,3)27-35(32,33)19-11-7-8-16(14-19)23(29)22-20-13-12-17(26-34(4,30)31)15-21(20)28(25-22)18-9-5-6-10-18/h7-8,11-15,18,26-27H,5-6,9-10H2,1-4H3. The third kappa shape index (κ3) is 5.74. The van der Waals surface area contributed by atoms with Crippen LogP contribution in [-0.4, -0.2) is 44.2 Å². The van der Waals surface area contributed by atoms with Gasteiger partial charge in [0.05, 0.1) is 28.4 Å². The number of hydrogen-bond donors (Lipinski definition) is 2. The second-order valence-corrected chi connectivity index (χ2v) is 13.5. The Morgan fingerprint density at radius 1 is 1.03 bits per heavy atom. The summed E-state index contributed by atoms with van der Waals surface area (Å²) in [6, 6.07) is 11.0. The number of nitrogens with zero attached hydrogens (tertiary/aromatic N) is 2. The molecule has 4 rings (SSSR count). The normalized spacial score (nSPS) is 15.5. The Morgan fingerprint density at radius 3 is 2.34 bits per heavy atom. The Labute approximate surface area is 206 Å². The lowest BCUT2D eigenvalue weighted by atomic mass is 10.1. The highest BCUT2D eigenvalue weighted by Gasteiger charge is 2.27. The fourth-order valence-corrected chi connectivity index (χ4v) is 6.43. The summed E-state index contributed by atoms with van der Waals surface area (Å²) in [6.45, 7) is 5.23. The smallest absolute Gasteiger partial charge is 0.241 e. The van der Waals surface area contributed by atoms with Gasteiger partial charge in [0, 0.05) is 16.5 Å². The number of ketones is 1. The largest absolute Gasteiger partial charge is 0.287 e. The number of hydrogen-bond acceptors (Lipinski definition) is 6. The molecule has 0 saturated heterocycles. The van der Waals surface area contributed by atoms with E-state index in [1.807, 2.05) is 4.68 Å². The first-order chi connectivity index (χ1) is 16.2. The summed E-state index contributed by atoms with van der Waals surface area (Å²) in [4.78, 5) is 13.6. The summed E-state index contributed by atoms with van der Waals surface area (Å²) in [5.41, 5.74) is 0.785. The van der Waals surface area contributed by atoms with Crippen molar-refractivity contribution in [2.24, 2.45) is 0 Å². The minimum Gasteiger partial charge on any atom is -0.287 e. The van der Waals surface area contributed by atoms with Crippen molar-refractivity contribution >= 4 is 42.4 Å². The van der Waals surface area contributed by atoms with Crippen LogP contribution in [0.15, 0.2) is 47.4 Å². The number of benzene rings is 2. The van der Waals surface area contributed by atoms with Gasteiger partial charge in [-0.1, -0.05) is 25.0 Å². The molecule has 35 heavy (non-hydrogen) atoms. The lowest BCUT2D eigenvalue weighted by Gasteiger charge is -2.20. The molecule has 1 aliphatic carbocycles. The molecule has 3 aromatic rings. The summed E-state index contributed by atoms with van der Waals surface area (Å²) < 4.78 is 56.0. The molecule has 0 bridgehead atoms. The number of carbonyl (C=O) groups is 1. The molecule has 0 aliphatic heterocycles. The minimum absolute atomic E-state index is 0.00237. The van der Waals surface area contributed by atoms with E-state index in [-0.39, 0.29) is 22.2 Å². The van der Waals surface area contributed by atoms with Gasteiger partial charge in [0.15, 0.2) is 0 Å². The molecule has 0 amide bonds. The van der Waals surface area contributed by atoms with Crippen LogP contribution in [0.25, 0.3) is 10.9 Å². The Kier molecular flexibility index (Phi) is 6.54. The number of nitrogens with one attached hydrogen (secondary N) is 2. The summed E-state index contributed by atoms with van der Waals surface area (Å²) in [6.07, 6.45) is 5.02. The van der Waals surface area contributed by atoms with Gasteiger partial charge in [-0.3, -0.25) is 14.2 Å². The SMILES string of the molecule is CC(C)(C)NS(=O)(=O)c1cccc(C(=O)c2nn(C3CCCC3)c3cc(NS(C)(=O)=O)ccc23)c1. The average Bonchev–Trinajstić information content (AvgIpc) is 3.38. The molecule has 1 aliphatic rings. The van der Waals surface area contributed by atoms with Crippen molar-refractivity contribution in [2.75, 3.05) is 11.0 Å². The molecule has 1 heterocycles. The number of fused-ring (bicyclic) bond motifs is 1. The molecular weight excluding hydrogens is 488 g/mol. The first-order valence-electron chi connectivity index (χ1n) is 11.4. The highest BCUT2D eigenvalue weighted by molar-refractivity contribution is 7.92. The predicted molar refractivity (Wildman–Crippen MR) is 136 cm³/mol. The van der Waals surface area contributed by atoms with Crippen molar-refractivity contribution < 1.29 is 21.6 Å². The van der Waals surface area contributed by atoms with Crippen molar-refractivity contribution in [3.05, 3.63) is 53.7 Å². The summed E-state index contributed by atoms with van der Waals surface area (Å²) in [5, 5.41) is 5.25. The lowest BCUT2D eigenvalue weighted by molar-refractivity contribution is 0.103. The summed E-state index contributed by atoms with van der Waals surface area (Å²) in [5.74, 6) is -0.400. The molecule has 2 N–H and O–H groups in total. The van der Waals surface area contributed by atoms with E-state index < -0.39 is 31.4 Å². The summed E-state index contributed by atoms with van der Waals surface area (Å²) in [7, 11) is -7.29. The van der Waals surface area contributed by atoms with Gasteiger partial charge in [-0.05, 0) is 63.9 Å². The zero-order chi connectivity index (χ0) is 25.6. The maximum Gasteiger partial charge on any atom is 0.241 e. The third-order valence-electron chi connectivity index (χ3n) is 5.74. The van der Waals surface area contributed by atoms with Crippen molar-refractivity contribution in [3.63, 3.8) is 0 Å². The number of sulfonamides is 2. The molecule has 1 aromatic heterocycles. The monoisotopic (exact) mass is 518 g/mol.